The number of hydrogen-bond donors (Lipinski definition) is 4. The zero-order valence-electron chi connectivity index (χ0n) is 35.0. The topological polar surface area (TPSA) is 152 Å². The van der Waals surface area contributed by atoms with Gasteiger partial charge in [0.15, 0.2) is 12.4 Å². The minimum atomic E-state index is -1.59. The summed E-state index contributed by atoms with van der Waals surface area (Å²) in [4.78, 5) is 25.3. The predicted octanol–water partition coefficient (Wildman–Crippen LogP) is 9.56. The van der Waals surface area contributed by atoms with E-state index in [1.165, 1.54) is 135 Å². The first-order chi connectivity index (χ1) is 26.8. The van der Waals surface area contributed by atoms with Crippen molar-refractivity contribution in [2.24, 2.45) is 0 Å². The number of esters is 2. The summed E-state index contributed by atoms with van der Waals surface area (Å²) in [6.45, 7) is 4.97. The Bertz CT molecular complexity index is 899. The van der Waals surface area contributed by atoms with Crippen LogP contribution in [0.15, 0.2) is 12.7 Å². The molecule has 0 aromatic carbocycles. The number of ether oxygens (including phenoxy) is 4. The molecular weight excluding hydrogens is 700 g/mol. The second-order valence-electron chi connectivity index (χ2n) is 15.9. The monoisotopic (exact) mass is 785 g/mol. The number of carbonyl (C=O) groups excluding carboxylic acids is 2. The van der Waals surface area contributed by atoms with Crippen LogP contribution in [0.2, 0.25) is 0 Å². The van der Waals surface area contributed by atoms with Gasteiger partial charge in [-0.25, -0.2) is 0 Å². The maximum absolute atomic E-state index is 12.8. The number of unbranched alkanes of at least 4 members (excludes halogenated alkanes) is 27. The van der Waals surface area contributed by atoms with Gasteiger partial charge in [-0.2, -0.15) is 0 Å². The second kappa shape index (κ2) is 36.8. The molecule has 0 amide bonds. The molecule has 55 heavy (non-hydrogen) atoms. The molecule has 1 aliphatic rings. The summed E-state index contributed by atoms with van der Waals surface area (Å²) in [6, 6.07) is 0. The van der Waals surface area contributed by atoms with Crippen LogP contribution in [0.25, 0.3) is 0 Å². The fourth-order valence-electron chi connectivity index (χ4n) is 7.17. The van der Waals surface area contributed by atoms with E-state index < -0.39 is 49.4 Å². The predicted molar refractivity (Wildman–Crippen MR) is 220 cm³/mol. The molecule has 1 saturated heterocycles. The van der Waals surface area contributed by atoms with Crippen molar-refractivity contribution in [2.45, 2.75) is 243 Å². The highest BCUT2D eigenvalue weighted by molar-refractivity contribution is 5.70. The van der Waals surface area contributed by atoms with Gasteiger partial charge in [-0.05, 0) is 25.7 Å². The van der Waals surface area contributed by atoms with E-state index in [0.717, 1.165) is 44.9 Å². The highest BCUT2D eigenvalue weighted by Crippen LogP contribution is 2.23. The summed E-state index contributed by atoms with van der Waals surface area (Å²) in [5, 5.41) is 40.1. The molecule has 1 rings (SSSR count). The second-order valence-corrected chi connectivity index (χ2v) is 15.9. The van der Waals surface area contributed by atoms with Gasteiger partial charge in [0.05, 0.1) is 13.2 Å². The summed E-state index contributed by atoms with van der Waals surface area (Å²) in [7, 11) is 0. The van der Waals surface area contributed by atoms with E-state index in [1.807, 2.05) is 6.08 Å². The molecule has 0 bridgehead atoms. The Morgan fingerprint density at radius 3 is 1.44 bits per heavy atom. The molecule has 0 radical (unpaired) electrons. The third-order valence-electron chi connectivity index (χ3n) is 10.8. The quantitative estimate of drug-likeness (QED) is 0.0269. The van der Waals surface area contributed by atoms with Gasteiger partial charge in [0.25, 0.3) is 0 Å². The van der Waals surface area contributed by atoms with Gasteiger partial charge in [0.1, 0.15) is 31.0 Å². The van der Waals surface area contributed by atoms with E-state index in [9.17, 15) is 30.0 Å². The smallest absolute Gasteiger partial charge is 0.306 e. The number of aliphatic hydroxyl groups excluding tert-OH is 4. The highest BCUT2D eigenvalue weighted by Gasteiger charge is 2.44. The van der Waals surface area contributed by atoms with Crippen LogP contribution in [0.5, 0.6) is 0 Å². The molecule has 0 saturated carbocycles. The molecule has 0 aliphatic carbocycles. The standard InChI is InChI=1S/C45H84O10/c1-3-5-7-9-11-13-15-17-19-21-23-25-27-29-31-33-40(47)52-36-38(37-53-45-44(51)43(50)42(49)39(35-46)55-45)54-41(48)34-32-30-28-26-24-22-20-18-16-14-12-10-8-6-4-2/h4,38-39,42-46,49-51H,2-3,5-37H2,1H3/t38-,39-,42+,43?,44?,45-/m0/s1. The maximum Gasteiger partial charge on any atom is 0.306 e. The normalized spacial score (nSPS) is 20.3. The van der Waals surface area contributed by atoms with E-state index in [-0.39, 0.29) is 32.0 Å². The SMILES string of the molecule is C=CCCCCCCCCCCCCCCCC(=O)O[C@@H](COC(=O)CCCCCCCCCCCCCCCCC)CO[C@H]1O[C@@H](CO)[C@@H](O)C(O)C1O. The molecule has 0 aromatic heterocycles. The third kappa shape index (κ3) is 28.5. The summed E-state index contributed by atoms with van der Waals surface area (Å²) >= 11 is 0. The Balaban J connectivity index is 2.30. The highest BCUT2D eigenvalue weighted by atomic mass is 16.7. The number of hydrogen-bond acceptors (Lipinski definition) is 10. The molecular formula is C45H84O10. The van der Waals surface area contributed by atoms with Crippen LogP contribution in [-0.4, -0.2) is 89.0 Å². The Labute approximate surface area is 335 Å². The summed E-state index contributed by atoms with van der Waals surface area (Å²) in [6.07, 6.45) is 29.6. The van der Waals surface area contributed by atoms with Crippen LogP contribution in [-0.2, 0) is 28.5 Å². The molecule has 0 aromatic rings. The zero-order chi connectivity index (χ0) is 40.2. The van der Waals surface area contributed by atoms with Gasteiger partial charge in [-0.15, -0.1) is 6.58 Å². The van der Waals surface area contributed by atoms with Crippen LogP contribution in [0, 0.1) is 0 Å². The van der Waals surface area contributed by atoms with Crippen LogP contribution in [0.1, 0.15) is 206 Å². The Kier molecular flexibility index (Phi) is 34.4. The molecule has 1 aliphatic heterocycles. The van der Waals surface area contributed by atoms with Crippen molar-refractivity contribution in [3.8, 4) is 0 Å². The zero-order valence-corrected chi connectivity index (χ0v) is 35.0. The van der Waals surface area contributed by atoms with Crippen molar-refractivity contribution in [2.75, 3.05) is 19.8 Å². The van der Waals surface area contributed by atoms with Crippen molar-refractivity contribution in [3.05, 3.63) is 12.7 Å². The van der Waals surface area contributed by atoms with Gasteiger partial charge in [0.2, 0.25) is 0 Å². The van der Waals surface area contributed by atoms with E-state index in [2.05, 4.69) is 13.5 Å². The van der Waals surface area contributed by atoms with Gasteiger partial charge in [-0.3, -0.25) is 9.59 Å². The van der Waals surface area contributed by atoms with Crippen molar-refractivity contribution in [1.82, 2.24) is 0 Å². The van der Waals surface area contributed by atoms with Crippen LogP contribution < -0.4 is 0 Å². The van der Waals surface area contributed by atoms with Crippen LogP contribution in [0.3, 0.4) is 0 Å². The van der Waals surface area contributed by atoms with Gasteiger partial charge in [-0.1, -0.05) is 174 Å². The molecule has 4 N–H and O–H groups in total. The summed E-state index contributed by atoms with van der Waals surface area (Å²) < 4.78 is 22.2. The minimum absolute atomic E-state index is 0.212. The molecule has 1 heterocycles. The number of carbonyl (C=O) groups is 2. The van der Waals surface area contributed by atoms with Crippen molar-refractivity contribution < 1.29 is 49.0 Å². The van der Waals surface area contributed by atoms with Crippen LogP contribution >= 0.6 is 0 Å². The molecule has 324 valence electrons. The molecule has 6 atom stereocenters. The summed E-state index contributed by atoms with van der Waals surface area (Å²) in [5.74, 6) is -0.798. The largest absolute Gasteiger partial charge is 0.462 e. The number of aliphatic hydroxyl groups is 4. The lowest BCUT2D eigenvalue weighted by molar-refractivity contribution is -0.305. The molecule has 0 spiro atoms. The van der Waals surface area contributed by atoms with Gasteiger partial charge < -0.3 is 39.4 Å². The number of rotatable bonds is 39. The van der Waals surface area contributed by atoms with E-state index in [1.54, 1.807) is 0 Å². The van der Waals surface area contributed by atoms with E-state index in [0.29, 0.717) is 6.42 Å². The van der Waals surface area contributed by atoms with E-state index in [4.69, 9.17) is 18.9 Å². The lowest BCUT2D eigenvalue weighted by atomic mass is 9.99. The van der Waals surface area contributed by atoms with Crippen molar-refractivity contribution in [1.29, 1.82) is 0 Å². The van der Waals surface area contributed by atoms with Crippen molar-refractivity contribution in [3.63, 3.8) is 0 Å². The Morgan fingerprint density at radius 2 is 1.00 bits per heavy atom. The fourth-order valence-corrected chi connectivity index (χ4v) is 7.17. The summed E-state index contributed by atoms with van der Waals surface area (Å²) in [5.41, 5.74) is 0. The third-order valence-corrected chi connectivity index (χ3v) is 10.8. The molecule has 10 nitrogen and oxygen atoms in total. The fraction of sp³-hybridized carbons (Fsp3) is 0.911. The first-order valence-electron chi connectivity index (χ1n) is 22.7. The van der Waals surface area contributed by atoms with Gasteiger partial charge >= 0.3 is 11.9 Å². The number of allylic oxidation sites excluding steroid dienone is 1. The lowest BCUT2D eigenvalue weighted by Crippen LogP contribution is -2.59. The Morgan fingerprint density at radius 1 is 0.582 bits per heavy atom. The molecule has 10 heteroatoms. The average Bonchev–Trinajstić information content (AvgIpc) is 3.18. The van der Waals surface area contributed by atoms with Crippen molar-refractivity contribution >= 4 is 11.9 Å². The van der Waals surface area contributed by atoms with Gasteiger partial charge in [0, 0.05) is 12.8 Å². The molecule has 1 fully saturated rings. The molecule has 2 unspecified atom stereocenters. The van der Waals surface area contributed by atoms with Crippen LogP contribution in [0.4, 0.5) is 0 Å². The Hall–Kier alpha value is -1.56. The minimum Gasteiger partial charge on any atom is -0.462 e. The lowest BCUT2D eigenvalue weighted by Gasteiger charge is -2.39. The maximum atomic E-state index is 12.8. The first kappa shape index (κ1) is 51.5. The first-order valence-corrected chi connectivity index (χ1v) is 22.7. The average molecular weight is 785 g/mol. The van der Waals surface area contributed by atoms with E-state index >= 15 is 0 Å².